The van der Waals surface area contributed by atoms with E-state index in [4.69, 9.17) is 10.5 Å². The Morgan fingerprint density at radius 1 is 1.09 bits per heavy atom. The third-order valence-electron chi connectivity index (χ3n) is 3.61. The van der Waals surface area contributed by atoms with Crippen molar-refractivity contribution >= 4 is 0 Å². The lowest BCUT2D eigenvalue weighted by molar-refractivity contribution is 0.415. The Labute approximate surface area is 133 Å². The monoisotopic (exact) mass is 312 g/mol. The molecule has 0 spiro atoms. The van der Waals surface area contributed by atoms with E-state index in [-0.39, 0.29) is 5.82 Å². The molecule has 1 aromatic heterocycles. The van der Waals surface area contributed by atoms with E-state index in [9.17, 15) is 4.39 Å². The molecule has 6 heteroatoms. The van der Waals surface area contributed by atoms with Gasteiger partial charge in [0.1, 0.15) is 17.3 Å². The van der Waals surface area contributed by atoms with Crippen molar-refractivity contribution in [2.24, 2.45) is 5.73 Å². The molecule has 0 amide bonds. The Kier molecular flexibility index (Phi) is 4.34. The number of hydrogen-bond donors (Lipinski definition) is 1. The quantitative estimate of drug-likeness (QED) is 0.786. The molecule has 0 bridgehead atoms. The van der Waals surface area contributed by atoms with Gasteiger partial charge in [-0.3, -0.25) is 0 Å². The molecule has 5 nitrogen and oxygen atoms in total. The third kappa shape index (κ3) is 3.22. The van der Waals surface area contributed by atoms with Gasteiger partial charge in [0.2, 0.25) is 0 Å². The van der Waals surface area contributed by atoms with E-state index in [2.05, 4.69) is 10.3 Å². The van der Waals surface area contributed by atoms with Crippen molar-refractivity contribution in [1.29, 1.82) is 0 Å². The maximum Gasteiger partial charge on any atom is 0.123 e. The van der Waals surface area contributed by atoms with Gasteiger partial charge in [-0.2, -0.15) is 0 Å². The summed E-state index contributed by atoms with van der Waals surface area (Å²) < 4.78 is 20.0. The molecular formula is C17H17FN4O. The fourth-order valence-corrected chi connectivity index (χ4v) is 2.42. The van der Waals surface area contributed by atoms with Crippen molar-refractivity contribution < 1.29 is 9.13 Å². The van der Waals surface area contributed by atoms with Crippen molar-refractivity contribution in [2.75, 3.05) is 7.11 Å². The number of halogens is 1. The summed E-state index contributed by atoms with van der Waals surface area (Å²) in [6.45, 7) is 0.791. The van der Waals surface area contributed by atoms with Crippen LogP contribution in [0.5, 0.6) is 5.75 Å². The molecule has 0 aliphatic rings. The molecule has 0 radical (unpaired) electrons. The third-order valence-corrected chi connectivity index (χ3v) is 3.61. The van der Waals surface area contributed by atoms with Gasteiger partial charge in [-0.25, -0.2) is 9.07 Å². The van der Waals surface area contributed by atoms with Crippen LogP contribution in [0.4, 0.5) is 4.39 Å². The lowest BCUT2D eigenvalue weighted by atomic mass is 10.1. The van der Waals surface area contributed by atoms with E-state index in [1.165, 1.54) is 12.1 Å². The summed E-state index contributed by atoms with van der Waals surface area (Å²) in [7, 11) is 1.63. The van der Waals surface area contributed by atoms with Crippen molar-refractivity contribution in [3.8, 4) is 17.0 Å². The van der Waals surface area contributed by atoms with Crippen LogP contribution in [-0.2, 0) is 13.1 Å². The SMILES string of the molecule is COc1ccc(-c2c(CN)nnn2Cc2ccc(F)cc2)cc1. The number of nitrogens with two attached hydrogens (primary N) is 1. The highest BCUT2D eigenvalue weighted by Gasteiger charge is 2.14. The van der Waals surface area contributed by atoms with Gasteiger partial charge < -0.3 is 10.5 Å². The molecule has 3 rings (SSSR count). The highest BCUT2D eigenvalue weighted by molar-refractivity contribution is 5.63. The molecule has 2 aromatic carbocycles. The molecule has 0 atom stereocenters. The van der Waals surface area contributed by atoms with E-state index in [0.29, 0.717) is 13.1 Å². The van der Waals surface area contributed by atoms with Gasteiger partial charge in [-0.1, -0.05) is 17.3 Å². The van der Waals surface area contributed by atoms with Crippen LogP contribution in [0.1, 0.15) is 11.3 Å². The zero-order chi connectivity index (χ0) is 16.2. The molecule has 1 heterocycles. The minimum absolute atomic E-state index is 0.259. The maximum absolute atomic E-state index is 13.0. The first-order valence-corrected chi connectivity index (χ1v) is 7.22. The predicted octanol–water partition coefficient (Wildman–Crippen LogP) is 2.60. The Morgan fingerprint density at radius 3 is 2.39 bits per heavy atom. The molecule has 2 N–H and O–H groups in total. The number of rotatable bonds is 5. The van der Waals surface area contributed by atoms with E-state index in [0.717, 1.165) is 28.3 Å². The van der Waals surface area contributed by atoms with Gasteiger partial charge in [0.05, 0.1) is 19.3 Å². The second-order valence-electron chi connectivity index (χ2n) is 5.10. The van der Waals surface area contributed by atoms with Crippen LogP contribution >= 0.6 is 0 Å². The molecule has 0 fully saturated rings. The number of hydrogen-bond acceptors (Lipinski definition) is 4. The molecule has 0 unspecified atom stereocenters. The van der Waals surface area contributed by atoms with Gasteiger partial charge in [-0.05, 0) is 42.0 Å². The zero-order valence-corrected chi connectivity index (χ0v) is 12.7. The lowest BCUT2D eigenvalue weighted by Crippen LogP contribution is -2.06. The number of ether oxygens (including phenoxy) is 1. The van der Waals surface area contributed by atoms with E-state index >= 15 is 0 Å². The van der Waals surface area contributed by atoms with Crippen LogP contribution < -0.4 is 10.5 Å². The normalized spacial score (nSPS) is 10.7. The van der Waals surface area contributed by atoms with Crippen LogP contribution in [0.2, 0.25) is 0 Å². The number of benzene rings is 2. The average molecular weight is 312 g/mol. The Morgan fingerprint density at radius 2 is 1.78 bits per heavy atom. The van der Waals surface area contributed by atoms with E-state index < -0.39 is 0 Å². The predicted molar refractivity (Wildman–Crippen MR) is 85.4 cm³/mol. The van der Waals surface area contributed by atoms with Gasteiger partial charge in [-0.15, -0.1) is 5.10 Å². The van der Waals surface area contributed by atoms with E-state index in [1.54, 1.807) is 23.9 Å². The summed E-state index contributed by atoms with van der Waals surface area (Å²) in [5.74, 6) is 0.519. The smallest absolute Gasteiger partial charge is 0.123 e. The van der Waals surface area contributed by atoms with Crippen LogP contribution in [0, 0.1) is 5.82 Å². The van der Waals surface area contributed by atoms with Crippen molar-refractivity contribution in [3.63, 3.8) is 0 Å². The fraction of sp³-hybridized carbons (Fsp3) is 0.176. The fourth-order valence-electron chi connectivity index (χ4n) is 2.42. The van der Waals surface area contributed by atoms with Crippen molar-refractivity contribution in [2.45, 2.75) is 13.1 Å². The molecule has 0 saturated carbocycles. The number of aromatic nitrogens is 3. The van der Waals surface area contributed by atoms with Crippen LogP contribution in [0.15, 0.2) is 48.5 Å². The summed E-state index contributed by atoms with van der Waals surface area (Å²) in [6.07, 6.45) is 0. The highest BCUT2D eigenvalue weighted by atomic mass is 19.1. The summed E-state index contributed by atoms with van der Waals surface area (Å²) in [5.41, 5.74) is 9.26. The molecule has 0 aliphatic carbocycles. The summed E-state index contributed by atoms with van der Waals surface area (Å²) in [5, 5.41) is 8.34. The first kappa shape index (κ1) is 15.2. The van der Waals surface area contributed by atoms with Crippen molar-refractivity contribution in [1.82, 2.24) is 15.0 Å². The van der Waals surface area contributed by atoms with Crippen molar-refractivity contribution in [3.05, 3.63) is 65.6 Å². The summed E-state index contributed by atoms with van der Waals surface area (Å²) >= 11 is 0. The van der Waals surface area contributed by atoms with Crippen LogP contribution in [0.3, 0.4) is 0 Å². The molecule has 0 aliphatic heterocycles. The average Bonchev–Trinajstić information content (AvgIpc) is 2.99. The van der Waals surface area contributed by atoms with Gasteiger partial charge in [0.25, 0.3) is 0 Å². The number of methoxy groups -OCH3 is 1. The minimum atomic E-state index is -0.259. The van der Waals surface area contributed by atoms with E-state index in [1.807, 2.05) is 24.3 Å². The minimum Gasteiger partial charge on any atom is -0.497 e. The Balaban J connectivity index is 1.97. The topological polar surface area (TPSA) is 66.0 Å². The first-order valence-electron chi connectivity index (χ1n) is 7.22. The highest BCUT2D eigenvalue weighted by Crippen LogP contribution is 2.25. The Bertz CT molecular complexity index is 781. The van der Waals surface area contributed by atoms with Crippen LogP contribution in [0.25, 0.3) is 11.3 Å². The standard InChI is InChI=1S/C17H17FN4O/c1-23-15-8-4-13(5-9-15)17-16(10-19)20-21-22(17)11-12-2-6-14(18)7-3-12/h2-9H,10-11,19H2,1H3. The maximum atomic E-state index is 13.0. The van der Waals surface area contributed by atoms with Gasteiger partial charge >= 0.3 is 0 Å². The Hall–Kier alpha value is -2.73. The summed E-state index contributed by atoms with van der Waals surface area (Å²) in [6, 6.07) is 14.0. The largest absolute Gasteiger partial charge is 0.497 e. The molecule has 23 heavy (non-hydrogen) atoms. The second kappa shape index (κ2) is 6.58. The molecular weight excluding hydrogens is 295 g/mol. The second-order valence-corrected chi connectivity index (χ2v) is 5.10. The molecule has 118 valence electrons. The summed E-state index contributed by atoms with van der Waals surface area (Å²) in [4.78, 5) is 0. The van der Waals surface area contributed by atoms with Gasteiger partial charge in [0.15, 0.2) is 0 Å². The molecule has 0 saturated heterocycles. The first-order chi connectivity index (χ1) is 11.2. The molecule has 3 aromatic rings. The number of nitrogens with zero attached hydrogens (tertiary/aromatic N) is 3. The lowest BCUT2D eigenvalue weighted by Gasteiger charge is -2.09. The van der Waals surface area contributed by atoms with Crippen LogP contribution in [-0.4, -0.2) is 22.1 Å². The zero-order valence-electron chi connectivity index (χ0n) is 12.7. The van der Waals surface area contributed by atoms with Gasteiger partial charge in [0, 0.05) is 12.1 Å².